The van der Waals surface area contributed by atoms with E-state index in [-0.39, 0.29) is 0 Å². The van der Waals surface area contributed by atoms with Crippen molar-refractivity contribution in [3.63, 3.8) is 0 Å². The van der Waals surface area contributed by atoms with E-state index in [0.717, 1.165) is 24.3 Å². The Balaban J connectivity index is 2.25. The minimum atomic E-state index is 0.831. The van der Waals surface area contributed by atoms with Crippen molar-refractivity contribution in [1.29, 1.82) is 0 Å². The zero-order valence-corrected chi connectivity index (χ0v) is 8.70. The minimum absolute atomic E-state index is 0.831. The van der Waals surface area contributed by atoms with E-state index in [1.165, 1.54) is 5.56 Å². The molecular formula is C11H14N4. The molecule has 0 aliphatic carbocycles. The Bertz CT molecular complexity index is 408. The monoisotopic (exact) mass is 202 g/mol. The fourth-order valence-electron chi connectivity index (χ4n) is 1.47. The lowest BCUT2D eigenvalue weighted by Crippen LogP contribution is -2.11. The standard InChI is InChI=1S/C11H14N4/c1-2-12-7-10-8-14-15-11(10)9-4-3-5-13-6-9/h3-6,8,12H,2,7H2,1H3,(H,14,15). The summed E-state index contributed by atoms with van der Waals surface area (Å²) in [5.41, 5.74) is 3.29. The summed E-state index contributed by atoms with van der Waals surface area (Å²) in [4.78, 5) is 4.09. The van der Waals surface area contributed by atoms with Crippen molar-refractivity contribution in [3.05, 3.63) is 36.3 Å². The predicted octanol–water partition coefficient (Wildman–Crippen LogP) is 1.58. The number of H-pyrrole nitrogens is 1. The average Bonchev–Trinajstić information content (AvgIpc) is 2.75. The molecule has 0 bridgehead atoms. The van der Waals surface area contributed by atoms with Gasteiger partial charge in [-0.3, -0.25) is 10.1 Å². The molecule has 0 spiro atoms. The van der Waals surface area contributed by atoms with Gasteiger partial charge in [0.25, 0.3) is 0 Å². The van der Waals surface area contributed by atoms with Crippen LogP contribution in [0, 0.1) is 0 Å². The van der Waals surface area contributed by atoms with Gasteiger partial charge in [-0.05, 0) is 18.7 Å². The second-order valence-electron chi connectivity index (χ2n) is 3.29. The molecule has 4 nitrogen and oxygen atoms in total. The normalized spacial score (nSPS) is 10.5. The van der Waals surface area contributed by atoms with E-state index < -0.39 is 0 Å². The highest BCUT2D eigenvalue weighted by Gasteiger charge is 2.06. The van der Waals surface area contributed by atoms with Gasteiger partial charge in [-0.2, -0.15) is 5.10 Å². The van der Waals surface area contributed by atoms with Gasteiger partial charge in [0.2, 0.25) is 0 Å². The van der Waals surface area contributed by atoms with Gasteiger partial charge in [0.05, 0.1) is 11.9 Å². The molecule has 2 rings (SSSR count). The van der Waals surface area contributed by atoms with E-state index in [1.807, 2.05) is 24.5 Å². The number of aromatic amines is 1. The first-order chi connectivity index (χ1) is 7.42. The number of rotatable bonds is 4. The smallest absolute Gasteiger partial charge is 0.0710 e. The predicted molar refractivity (Wildman–Crippen MR) is 59.2 cm³/mol. The molecular weight excluding hydrogens is 188 g/mol. The van der Waals surface area contributed by atoms with Gasteiger partial charge in [0, 0.05) is 30.1 Å². The van der Waals surface area contributed by atoms with E-state index >= 15 is 0 Å². The van der Waals surface area contributed by atoms with E-state index in [1.54, 1.807) is 6.20 Å². The molecule has 0 saturated heterocycles. The van der Waals surface area contributed by atoms with Crippen LogP contribution in [0.25, 0.3) is 11.3 Å². The van der Waals surface area contributed by atoms with Gasteiger partial charge in [-0.1, -0.05) is 6.92 Å². The summed E-state index contributed by atoms with van der Waals surface area (Å²) < 4.78 is 0. The number of nitrogens with one attached hydrogen (secondary N) is 2. The Morgan fingerprint density at radius 2 is 2.33 bits per heavy atom. The van der Waals surface area contributed by atoms with Gasteiger partial charge in [-0.15, -0.1) is 0 Å². The average molecular weight is 202 g/mol. The van der Waals surface area contributed by atoms with E-state index in [2.05, 4.69) is 27.4 Å². The molecule has 15 heavy (non-hydrogen) atoms. The lowest BCUT2D eigenvalue weighted by atomic mass is 10.1. The zero-order valence-electron chi connectivity index (χ0n) is 8.70. The number of nitrogens with zero attached hydrogens (tertiary/aromatic N) is 2. The number of hydrogen-bond acceptors (Lipinski definition) is 3. The maximum Gasteiger partial charge on any atom is 0.0710 e. The molecule has 2 aromatic heterocycles. The van der Waals surface area contributed by atoms with E-state index in [4.69, 9.17) is 0 Å². The summed E-state index contributed by atoms with van der Waals surface area (Å²) in [6.07, 6.45) is 5.46. The van der Waals surface area contributed by atoms with Crippen LogP contribution in [0.1, 0.15) is 12.5 Å². The molecule has 2 heterocycles. The van der Waals surface area contributed by atoms with Crippen LogP contribution in [0.4, 0.5) is 0 Å². The SMILES string of the molecule is CCNCc1cn[nH]c1-c1cccnc1. The Morgan fingerprint density at radius 1 is 1.40 bits per heavy atom. The Morgan fingerprint density at radius 3 is 3.07 bits per heavy atom. The van der Waals surface area contributed by atoms with Crippen LogP contribution in [-0.4, -0.2) is 21.7 Å². The molecule has 2 aromatic rings. The van der Waals surface area contributed by atoms with Crippen LogP contribution < -0.4 is 5.32 Å². The maximum atomic E-state index is 4.09. The van der Waals surface area contributed by atoms with Crippen molar-refractivity contribution >= 4 is 0 Å². The fourth-order valence-corrected chi connectivity index (χ4v) is 1.47. The van der Waals surface area contributed by atoms with Crippen molar-refractivity contribution in [1.82, 2.24) is 20.5 Å². The van der Waals surface area contributed by atoms with Crippen LogP contribution in [0.15, 0.2) is 30.7 Å². The third-order valence-electron chi connectivity index (χ3n) is 2.23. The largest absolute Gasteiger partial charge is 0.313 e. The molecule has 0 aliphatic rings. The molecule has 4 heteroatoms. The first-order valence-electron chi connectivity index (χ1n) is 5.05. The van der Waals surface area contributed by atoms with Crippen molar-refractivity contribution < 1.29 is 0 Å². The Hall–Kier alpha value is -1.68. The number of pyridine rings is 1. The van der Waals surface area contributed by atoms with Gasteiger partial charge in [-0.25, -0.2) is 0 Å². The van der Waals surface area contributed by atoms with Gasteiger partial charge >= 0.3 is 0 Å². The molecule has 0 aromatic carbocycles. The highest BCUT2D eigenvalue weighted by molar-refractivity contribution is 5.61. The molecule has 2 N–H and O–H groups in total. The van der Waals surface area contributed by atoms with Crippen LogP contribution in [-0.2, 0) is 6.54 Å². The second kappa shape index (κ2) is 4.70. The summed E-state index contributed by atoms with van der Waals surface area (Å²) in [5.74, 6) is 0. The Kier molecular flexibility index (Phi) is 3.09. The van der Waals surface area contributed by atoms with Crippen molar-refractivity contribution in [2.75, 3.05) is 6.54 Å². The van der Waals surface area contributed by atoms with Gasteiger partial charge < -0.3 is 5.32 Å². The van der Waals surface area contributed by atoms with Crippen molar-refractivity contribution in [3.8, 4) is 11.3 Å². The van der Waals surface area contributed by atoms with E-state index in [0.29, 0.717) is 0 Å². The van der Waals surface area contributed by atoms with Gasteiger partial charge in [0.1, 0.15) is 0 Å². The van der Waals surface area contributed by atoms with Gasteiger partial charge in [0.15, 0.2) is 0 Å². The number of hydrogen-bond donors (Lipinski definition) is 2. The summed E-state index contributed by atoms with van der Waals surface area (Å²) in [5, 5.41) is 10.3. The zero-order chi connectivity index (χ0) is 10.5. The van der Waals surface area contributed by atoms with E-state index in [9.17, 15) is 0 Å². The van der Waals surface area contributed by atoms with Crippen molar-refractivity contribution in [2.45, 2.75) is 13.5 Å². The first kappa shape index (κ1) is 9.86. The lowest BCUT2D eigenvalue weighted by molar-refractivity contribution is 0.728. The maximum absolute atomic E-state index is 4.09. The number of aromatic nitrogens is 3. The molecule has 0 amide bonds. The molecule has 78 valence electrons. The first-order valence-corrected chi connectivity index (χ1v) is 5.05. The summed E-state index contributed by atoms with van der Waals surface area (Å²) in [6, 6.07) is 3.95. The summed E-state index contributed by atoms with van der Waals surface area (Å²) >= 11 is 0. The topological polar surface area (TPSA) is 53.6 Å². The fraction of sp³-hybridized carbons (Fsp3) is 0.273. The van der Waals surface area contributed by atoms with Crippen LogP contribution in [0.2, 0.25) is 0 Å². The Labute approximate surface area is 88.8 Å². The quantitative estimate of drug-likeness (QED) is 0.791. The highest BCUT2D eigenvalue weighted by atomic mass is 15.1. The minimum Gasteiger partial charge on any atom is -0.313 e. The molecule has 0 unspecified atom stereocenters. The van der Waals surface area contributed by atoms with Crippen molar-refractivity contribution in [2.24, 2.45) is 0 Å². The van der Waals surface area contributed by atoms with Crippen LogP contribution in [0.3, 0.4) is 0 Å². The highest BCUT2D eigenvalue weighted by Crippen LogP contribution is 2.19. The third-order valence-corrected chi connectivity index (χ3v) is 2.23. The molecule has 0 saturated carbocycles. The summed E-state index contributed by atoms with van der Waals surface area (Å²) in [6.45, 7) is 3.87. The summed E-state index contributed by atoms with van der Waals surface area (Å²) in [7, 11) is 0. The van der Waals surface area contributed by atoms with Crippen LogP contribution in [0.5, 0.6) is 0 Å². The molecule has 0 aliphatic heterocycles. The molecule has 0 radical (unpaired) electrons. The molecule has 0 atom stereocenters. The third kappa shape index (κ3) is 2.22. The lowest BCUT2D eigenvalue weighted by Gasteiger charge is -2.02. The van der Waals surface area contributed by atoms with Crippen LogP contribution >= 0.6 is 0 Å². The molecule has 0 fully saturated rings. The second-order valence-corrected chi connectivity index (χ2v) is 3.29.